The van der Waals surface area contributed by atoms with Crippen molar-refractivity contribution in [1.82, 2.24) is 0 Å². The Balaban J connectivity index is 1.97. The van der Waals surface area contributed by atoms with Crippen LogP contribution in [0.25, 0.3) is 11.1 Å². The van der Waals surface area contributed by atoms with Crippen molar-refractivity contribution in [3.63, 3.8) is 0 Å². The lowest BCUT2D eigenvalue weighted by atomic mass is 9.99. The van der Waals surface area contributed by atoms with Crippen molar-refractivity contribution in [2.45, 2.75) is 18.7 Å². The van der Waals surface area contributed by atoms with Crippen LogP contribution in [-0.2, 0) is 10.1 Å². The predicted octanol–water partition coefficient (Wildman–Crippen LogP) is 4.86. The maximum absolute atomic E-state index is 12.4. The molecular weight excluding hydrogens is 376 g/mol. The van der Waals surface area contributed by atoms with Crippen molar-refractivity contribution in [1.29, 1.82) is 0 Å². The lowest BCUT2D eigenvalue weighted by molar-refractivity contribution is 0.262. The maximum Gasteiger partial charge on any atom is 0.323 e. The van der Waals surface area contributed by atoms with Crippen molar-refractivity contribution in [3.05, 3.63) is 77.9 Å². The van der Waals surface area contributed by atoms with Crippen LogP contribution < -0.4 is 10.6 Å². The number of aryl methyl sites for hydroxylation is 2. The molecule has 0 unspecified atom stereocenters. The van der Waals surface area contributed by atoms with Crippen LogP contribution in [0.2, 0.25) is 0 Å². The number of carbonyl (C=O) groups is 1. The molecule has 0 spiro atoms. The zero-order valence-corrected chi connectivity index (χ0v) is 16.2. The number of nitrogens with one attached hydrogen (secondary N) is 2. The summed E-state index contributed by atoms with van der Waals surface area (Å²) in [5, 5.41) is 5.49. The highest BCUT2D eigenvalue weighted by molar-refractivity contribution is 7.86. The van der Waals surface area contributed by atoms with Crippen molar-refractivity contribution in [2.24, 2.45) is 0 Å². The number of benzene rings is 3. The Morgan fingerprint density at radius 3 is 2.21 bits per heavy atom. The number of para-hydroxylation sites is 1. The van der Waals surface area contributed by atoms with E-state index in [4.69, 9.17) is 0 Å². The SMILES string of the molecule is Cc1ccc(NC(=O)Nc2ccccc2-c2c(C)cccc2S(=O)(=O)O)cc1. The van der Waals surface area contributed by atoms with Gasteiger partial charge in [0, 0.05) is 16.8 Å². The van der Waals surface area contributed by atoms with Crippen LogP contribution in [-0.4, -0.2) is 19.0 Å². The number of rotatable bonds is 4. The Kier molecular flexibility index (Phi) is 5.48. The Morgan fingerprint density at radius 1 is 0.857 bits per heavy atom. The van der Waals surface area contributed by atoms with Gasteiger partial charge in [-0.1, -0.05) is 48.0 Å². The Morgan fingerprint density at radius 2 is 1.54 bits per heavy atom. The molecule has 7 heteroatoms. The van der Waals surface area contributed by atoms with E-state index in [-0.39, 0.29) is 4.90 Å². The summed E-state index contributed by atoms with van der Waals surface area (Å²) in [6, 6.07) is 18.4. The molecule has 3 aromatic rings. The lowest BCUT2D eigenvalue weighted by Crippen LogP contribution is -2.20. The first-order valence-electron chi connectivity index (χ1n) is 8.57. The predicted molar refractivity (Wildman–Crippen MR) is 110 cm³/mol. The van der Waals surface area contributed by atoms with E-state index in [0.29, 0.717) is 28.1 Å². The number of hydrogen-bond donors (Lipinski definition) is 3. The normalized spacial score (nSPS) is 11.1. The fourth-order valence-electron chi connectivity index (χ4n) is 2.93. The van der Waals surface area contributed by atoms with Gasteiger partial charge in [-0.25, -0.2) is 4.79 Å². The van der Waals surface area contributed by atoms with Gasteiger partial charge < -0.3 is 10.6 Å². The van der Waals surface area contributed by atoms with Crippen LogP contribution in [0.3, 0.4) is 0 Å². The number of anilines is 2. The van der Waals surface area contributed by atoms with E-state index < -0.39 is 16.1 Å². The summed E-state index contributed by atoms with van der Waals surface area (Å²) in [7, 11) is -4.43. The van der Waals surface area contributed by atoms with Crippen LogP contribution in [0.4, 0.5) is 16.2 Å². The molecular formula is C21H20N2O4S. The van der Waals surface area contributed by atoms with Crippen LogP contribution >= 0.6 is 0 Å². The van der Waals surface area contributed by atoms with Gasteiger partial charge >= 0.3 is 6.03 Å². The number of urea groups is 1. The summed E-state index contributed by atoms with van der Waals surface area (Å²) in [6.07, 6.45) is 0. The Hall–Kier alpha value is -3.16. The van der Waals surface area contributed by atoms with Crippen LogP contribution in [0, 0.1) is 13.8 Å². The molecule has 3 rings (SSSR count). The van der Waals surface area contributed by atoms with E-state index in [2.05, 4.69) is 10.6 Å². The third kappa shape index (κ3) is 4.39. The summed E-state index contributed by atoms with van der Waals surface area (Å²) < 4.78 is 33.3. The van der Waals surface area contributed by atoms with Gasteiger partial charge in [-0.05, 0) is 43.7 Å². The fraction of sp³-hybridized carbons (Fsp3) is 0.0952. The smallest absolute Gasteiger partial charge is 0.308 e. The minimum absolute atomic E-state index is 0.208. The van der Waals surface area contributed by atoms with Gasteiger partial charge in [-0.2, -0.15) is 8.42 Å². The first kappa shape index (κ1) is 19.6. The minimum atomic E-state index is -4.43. The molecule has 0 aliphatic heterocycles. The molecule has 0 bridgehead atoms. The highest BCUT2D eigenvalue weighted by Crippen LogP contribution is 2.35. The molecule has 0 aliphatic carbocycles. The molecule has 0 radical (unpaired) electrons. The lowest BCUT2D eigenvalue weighted by Gasteiger charge is -2.16. The standard InChI is InChI=1S/C21H20N2O4S/c1-14-10-12-16(13-11-14)22-21(24)23-18-8-4-3-7-17(18)20-15(2)6-5-9-19(20)28(25,26)27/h3-13H,1-2H3,(H2,22,23,24)(H,25,26,27). The molecule has 0 atom stereocenters. The van der Waals surface area contributed by atoms with Crippen molar-refractivity contribution < 1.29 is 17.8 Å². The average molecular weight is 396 g/mol. The van der Waals surface area contributed by atoms with Gasteiger partial charge in [0.15, 0.2) is 0 Å². The summed E-state index contributed by atoms with van der Waals surface area (Å²) >= 11 is 0. The molecule has 28 heavy (non-hydrogen) atoms. The van der Waals surface area contributed by atoms with Crippen LogP contribution in [0.15, 0.2) is 71.6 Å². The van der Waals surface area contributed by atoms with Crippen LogP contribution in [0.5, 0.6) is 0 Å². The quantitative estimate of drug-likeness (QED) is 0.549. The molecule has 0 fully saturated rings. The molecule has 0 aliphatic rings. The fourth-order valence-corrected chi connectivity index (χ4v) is 3.71. The molecule has 0 aromatic heterocycles. The first-order chi connectivity index (χ1) is 13.3. The third-order valence-electron chi connectivity index (χ3n) is 4.27. The number of carbonyl (C=O) groups excluding carboxylic acids is 1. The Bertz CT molecular complexity index is 1120. The topological polar surface area (TPSA) is 95.5 Å². The third-order valence-corrected chi connectivity index (χ3v) is 5.16. The largest absolute Gasteiger partial charge is 0.323 e. The summed E-state index contributed by atoms with van der Waals surface area (Å²) in [4.78, 5) is 12.2. The minimum Gasteiger partial charge on any atom is -0.308 e. The van der Waals surface area contributed by atoms with Crippen molar-refractivity contribution in [2.75, 3.05) is 10.6 Å². The zero-order chi connectivity index (χ0) is 20.3. The molecule has 0 saturated carbocycles. The second-order valence-electron chi connectivity index (χ2n) is 6.41. The van der Waals surface area contributed by atoms with Gasteiger partial charge in [-0.15, -0.1) is 0 Å². The Labute approximate surface area is 164 Å². The van der Waals surface area contributed by atoms with E-state index in [1.54, 1.807) is 55.5 Å². The van der Waals surface area contributed by atoms with E-state index in [0.717, 1.165) is 5.56 Å². The molecule has 0 heterocycles. The highest BCUT2D eigenvalue weighted by Gasteiger charge is 2.20. The van der Waals surface area contributed by atoms with E-state index in [9.17, 15) is 17.8 Å². The van der Waals surface area contributed by atoms with Gasteiger partial charge in [0.1, 0.15) is 4.90 Å². The molecule has 144 valence electrons. The van der Waals surface area contributed by atoms with Crippen molar-refractivity contribution >= 4 is 27.5 Å². The van der Waals surface area contributed by atoms with Gasteiger partial charge in [0.2, 0.25) is 0 Å². The molecule has 3 N–H and O–H groups in total. The molecule has 0 saturated heterocycles. The highest BCUT2D eigenvalue weighted by atomic mass is 32.2. The van der Waals surface area contributed by atoms with Gasteiger partial charge in [-0.3, -0.25) is 4.55 Å². The summed E-state index contributed by atoms with van der Waals surface area (Å²) in [5.41, 5.74) is 3.63. The van der Waals surface area contributed by atoms with E-state index in [1.807, 2.05) is 19.1 Å². The molecule has 6 nitrogen and oxygen atoms in total. The monoisotopic (exact) mass is 396 g/mol. The second kappa shape index (κ2) is 7.84. The van der Waals surface area contributed by atoms with Gasteiger partial charge in [0.25, 0.3) is 10.1 Å². The van der Waals surface area contributed by atoms with Gasteiger partial charge in [0.05, 0.1) is 5.69 Å². The maximum atomic E-state index is 12.4. The van der Waals surface area contributed by atoms with E-state index >= 15 is 0 Å². The summed E-state index contributed by atoms with van der Waals surface area (Å²) in [6.45, 7) is 3.70. The second-order valence-corrected chi connectivity index (χ2v) is 7.80. The molecule has 2 amide bonds. The van der Waals surface area contributed by atoms with E-state index in [1.165, 1.54) is 6.07 Å². The number of hydrogen-bond acceptors (Lipinski definition) is 3. The number of amides is 2. The first-order valence-corrected chi connectivity index (χ1v) is 10.0. The molecule has 3 aromatic carbocycles. The average Bonchev–Trinajstić information content (AvgIpc) is 2.63. The van der Waals surface area contributed by atoms with Crippen molar-refractivity contribution in [3.8, 4) is 11.1 Å². The zero-order valence-electron chi connectivity index (χ0n) is 15.4. The van der Waals surface area contributed by atoms with Crippen LogP contribution in [0.1, 0.15) is 11.1 Å². The summed E-state index contributed by atoms with van der Waals surface area (Å²) in [5.74, 6) is 0.